The van der Waals surface area contributed by atoms with Crippen LogP contribution >= 0.6 is 23.2 Å². The zero-order valence-electron chi connectivity index (χ0n) is 10.2. The van der Waals surface area contributed by atoms with Gasteiger partial charge in [0.25, 0.3) is 0 Å². The lowest BCUT2D eigenvalue weighted by Gasteiger charge is -2.24. The van der Waals surface area contributed by atoms with Gasteiger partial charge in [0.15, 0.2) is 5.78 Å². The lowest BCUT2D eigenvalue weighted by molar-refractivity contribution is -0.116. The smallest absolute Gasteiger partial charge is 0.239 e. The number of carbonyl (C=O) groups is 2. The molecule has 2 aromatic rings. The van der Waals surface area contributed by atoms with Gasteiger partial charge in [0, 0.05) is 5.56 Å². The highest BCUT2D eigenvalue weighted by molar-refractivity contribution is 6.45. The Labute approximate surface area is 125 Å². The molecule has 0 aliphatic carbocycles. The van der Waals surface area contributed by atoms with Crippen LogP contribution in [0.15, 0.2) is 42.5 Å². The number of rotatable bonds is 1. The number of nitrogens with one attached hydrogen (secondary N) is 1. The van der Waals surface area contributed by atoms with Gasteiger partial charge < -0.3 is 5.32 Å². The van der Waals surface area contributed by atoms with Crippen molar-refractivity contribution in [2.24, 2.45) is 0 Å². The number of benzene rings is 2. The van der Waals surface area contributed by atoms with Gasteiger partial charge in [0.1, 0.15) is 5.92 Å². The molecule has 5 heteroatoms. The number of fused-ring (bicyclic) bond motifs is 1. The van der Waals surface area contributed by atoms with E-state index < -0.39 is 11.8 Å². The summed E-state index contributed by atoms with van der Waals surface area (Å²) in [5.74, 6) is -1.51. The third kappa shape index (κ3) is 1.99. The second kappa shape index (κ2) is 4.93. The Morgan fingerprint density at radius 1 is 0.950 bits per heavy atom. The van der Waals surface area contributed by atoms with Crippen LogP contribution in [0.25, 0.3) is 0 Å². The molecule has 1 aliphatic heterocycles. The molecule has 0 bridgehead atoms. The maximum atomic E-state index is 12.5. The van der Waals surface area contributed by atoms with Crippen LogP contribution in [0.2, 0.25) is 10.0 Å². The average Bonchev–Trinajstić information content (AvgIpc) is 2.45. The number of halogens is 2. The summed E-state index contributed by atoms with van der Waals surface area (Å²) in [6.45, 7) is 0. The molecule has 1 N–H and O–H groups in total. The van der Waals surface area contributed by atoms with E-state index >= 15 is 0 Å². The first-order chi connectivity index (χ1) is 9.59. The molecule has 0 saturated heterocycles. The second-order valence-corrected chi connectivity index (χ2v) is 5.27. The summed E-state index contributed by atoms with van der Waals surface area (Å²) in [5.41, 5.74) is 1.33. The molecule has 20 heavy (non-hydrogen) atoms. The molecule has 1 atom stereocenters. The summed E-state index contributed by atoms with van der Waals surface area (Å²) in [4.78, 5) is 24.7. The quantitative estimate of drug-likeness (QED) is 0.812. The minimum Gasteiger partial charge on any atom is -0.323 e. The predicted molar refractivity (Wildman–Crippen MR) is 78.6 cm³/mol. The van der Waals surface area contributed by atoms with Crippen molar-refractivity contribution in [2.45, 2.75) is 5.92 Å². The van der Waals surface area contributed by atoms with Gasteiger partial charge in [-0.15, -0.1) is 0 Å². The Hall–Kier alpha value is -1.84. The Kier molecular flexibility index (Phi) is 3.24. The van der Waals surface area contributed by atoms with Crippen molar-refractivity contribution >= 4 is 40.6 Å². The van der Waals surface area contributed by atoms with Crippen molar-refractivity contribution in [2.75, 3.05) is 5.32 Å². The van der Waals surface area contributed by atoms with Gasteiger partial charge in [-0.2, -0.15) is 0 Å². The molecule has 0 fully saturated rings. The average molecular weight is 306 g/mol. The van der Waals surface area contributed by atoms with Crippen molar-refractivity contribution < 1.29 is 9.59 Å². The molecule has 2 aromatic carbocycles. The van der Waals surface area contributed by atoms with Crippen LogP contribution < -0.4 is 5.32 Å². The molecule has 100 valence electrons. The van der Waals surface area contributed by atoms with Crippen LogP contribution in [0, 0.1) is 0 Å². The SMILES string of the molecule is O=C1Nc2c(ccc(Cl)c2Cl)C(=O)[C@@H]1c1ccccc1. The van der Waals surface area contributed by atoms with Crippen molar-refractivity contribution in [3.8, 4) is 0 Å². The molecule has 1 aliphatic rings. The van der Waals surface area contributed by atoms with E-state index in [2.05, 4.69) is 5.32 Å². The number of anilines is 1. The topological polar surface area (TPSA) is 46.2 Å². The predicted octanol–water partition coefficient (Wildman–Crippen LogP) is 3.91. The fourth-order valence-electron chi connectivity index (χ4n) is 2.30. The van der Waals surface area contributed by atoms with Gasteiger partial charge in [-0.1, -0.05) is 53.5 Å². The van der Waals surface area contributed by atoms with Crippen molar-refractivity contribution in [1.82, 2.24) is 0 Å². The van der Waals surface area contributed by atoms with E-state index in [9.17, 15) is 9.59 Å². The van der Waals surface area contributed by atoms with E-state index in [1.807, 2.05) is 6.07 Å². The molecule has 1 heterocycles. The highest BCUT2D eigenvalue weighted by Gasteiger charge is 2.36. The van der Waals surface area contributed by atoms with E-state index in [1.54, 1.807) is 36.4 Å². The normalized spacial score (nSPS) is 17.6. The molecule has 3 rings (SSSR count). The van der Waals surface area contributed by atoms with Gasteiger partial charge in [-0.05, 0) is 17.7 Å². The summed E-state index contributed by atoms with van der Waals surface area (Å²) in [6, 6.07) is 12.1. The number of hydrogen-bond acceptors (Lipinski definition) is 2. The molecule has 3 nitrogen and oxygen atoms in total. The van der Waals surface area contributed by atoms with Crippen molar-refractivity contribution in [1.29, 1.82) is 0 Å². The van der Waals surface area contributed by atoms with Gasteiger partial charge in [0.2, 0.25) is 5.91 Å². The Morgan fingerprint density at radius 3 is 2.35 bits per heavy atom. The van der Waals surface area contributed by atoms with Gasteiger partial charge in [-0.25, -0.2) is 0 Å². The standard InChI is InChI=1S/C15H9Cl2NO2/c16-10-7-6-9-13(12(10)17)18-15(20)11(14(9)19)8-4-2-1-3-5-8/h1-7,11H,(H,18,20)/t11-/m0/s1. The highest BCUT2D eigenvalue weighted by atomic mass is 35.5. The Bertz CT molecular complexity index is 713. The first kappa shape index (κ1) is 13.2. The summed E-state index contributed by atoms with van der Waals surface area (Å²) in [5, 5.41) is 3.17. The fraction of sp³-hybridized carbons (Fsp3) is 0.0667. The monoisotopic (exact) mass is 305 g/mol. The van der Waals surface area contributed by atoms with Crippen LogP contribution in [0.3, 0.4) is 0 Å². The Balaban J connectivity index is 2.13. The molecule has 0 aromatic heterocycles. The maximum Gasteiger partial charge on any atom is 0.239 e. The zero-order valence-corrected chi connectivity index (χ0v) is 11.7. The van der Waals surface area contributed by atoms with E-state index in [0.29, 0.717) is 21.8 Å². The largest absolute Gasteiger partial charge is 0.323 e. The summed E-state index contributed by atoms with van der Waals surface area (Å²) >= 11 is 11.9. The summed E-state index contributed by atoms with van der Waals surface area (Å²) in [7, 11) is 0. The van der Waals surface area contributed by atoms with Gasteiger partial charge in [0.05, 0.1) is 15.7 Å². The molecular weight excluding hydrogens is 297 g/mol. The molecule has 1 amide bonds. The summed E-state index contributed by atoms with van der Waals surface area (Å²) in [6.07, 6.45) is 0. The van der Waals surface area contributed by atoms with Crippen LogP contribution in [-0.2, 0) is 4.79 Å². The van der Waals surface area contributed by atoms with Gasteiger partial charge >= 0.3 is 0 Å². The molecule has 0 unspecified atom stereocenters. The lowest BCUT2D eigenvalue weighted by atomic mass is 9.86. The van der Waals surface area contributed by atoms with Gasteiger partial charge in [-0.3, -0.25) is 9.59 Å². The molecule has 0 saturated carbocycles. The molecule has 0 spiro atoms. The molecule has 0 radical (unpaired) electrons. The number of hydrogen-bond donors (Lipinski definition) is 1. The number of ketones is 1. The van der Waals surface area contributed by atoms with Crippen LogP contribution in [0.5, 0.6) is 0 Å². The highest BCUT2D eigenvalue weighted by Crippen LogP contribution is 2.39. The van der Waals surface area contributed by atoms with E-state index in [1.165, 1.54) is 0 Å². The first-order valence-corrected chi connectivity index (χ1v) is 6.73. The second-order valence-electron chi connectivity index (χ2n) is 4.48. The van der Waals surface area contributed by atoms with Crippen molar-refractivity contribution in [3.05, 3.63) is 63.6 Å². The maximum absolute atomic E-state index is 12.5. The minimum atomic E-state index is -0.846. The van der Waals surface area contributed by atoms with E-state index in [0.717, 1.165) is 0 Å². The van der Waals surface area contributed by atoms with Crippen LogP contribution in [0.1, 0.15) is 21.8 Å². The lowest BCUT2D eigenvalue weighted by Crippen LogP contribution is -2.33. The van der Waals surface area contributed by atoms with Crippen molar-refractivity contribution in [3.63, 3.8) is 0 Å². The number of Topliss-reactive ketones (excluding diaryl/α,β-unsaturated/α-hetero) is 1. The Morgan fingerprint density at radius 2 is 1.65 bits per heavy atom. The van der Waals surface area contributed by atoms with E-state index in [-0.39, 0.29) is 10.8 Å². The minimum absolute atomic E-state index is 0.192. The van der Waals surface area contributed by atoms with E-state index in [4.69, 9.17) is 23.2 Å². The number of carbonyl (C=O) groups excluding carboxylic acids is 2. The third-order valence-corrected chi connectivity index (χ3v) is 4.07. The number of amides is 1. The zero-order chi connectivity index (χ0) is 14.3. The van der Waals surface area contributed by atoms with Crippen LogP contribution in [0.4, 0.5) is 5.69 Å². The van der Waals surface area contributed by atoms with Crippen LogP contribution in [-0.4, -0.2) is 11.7 Å². The third-order valence-electron chi connectivity index (χ3n) is 3.27. The summed E-state index contributed by atoms with van der Waals surface area (Å²) < 4.78 is 0. The molecular formula is C15H9Cl2NO2. The fourth-order valence-corrected chi connectivity index (χ4v) is 2.67. The first-order valence-electron chi connectivity index (χ1n) is 5.97.